The summed E-state index contributed by atoms with van der Waals surface area (Å²) in [6.07, 6.45) is 1.51. The molecule has 1 atom stereocenters. The molecule has 2 rings (SSSR count). The Hall–Kier alpha value is -1.33. The van der Waals surface area contributed by atoms with Gasteiger partial charge in [-0.3, -0.25) is 4.79 Å². The molecule has 0 saturated carbocycles. The summed E-state index contributed by atoms with van der Waals surface area (Å²) in [5, 5.41) is 0. The van der Waals surface area contributed by atoms with E-state index in [1.54, 1.807) is 12.3 Å². The molecule has 0 aliphatic carbocycles. The fourth-order valence-corrected chi connectivity index (χ4v) is 1.34. The second-order valence-corrected chi connectivity index (χ2v) is 3.27. The Bertz CT molecular complexity index is 356. The van der Waals surface area contributed by atoms with E-state index in [2.05, 4.69) is 4.98 Å². The molecular weight excluding hydrogens is 198 g/mol. The van der Waals surface area contributed by atoms with Crippen LogP contribution in [0, 0.1) is 0 Å². The van der Waals surface area contributed by atoms with Crippen LogP contribution >= 0.6 is 0 Å². The van der Waals surface area contributed by atoms with Crippen LogP contribution in [0.3, 0.4) is 0 Å². The number of aromatic nitrogens is 1. The SMILES string of the molecule is O=c1cc(OCC2COCCO2)cc[nH]1. The minimum absolute atomic E-state index is 0.0435. The summed E-state index contributed by atoms with van der Waals surface area (Å²) < 4.78 is 16.0. The smallest absolute Gasteiger partial charge is 0.251 e. The minimum Gasteiger partial charge on any atom is -0.491 e. The first-order valence-electron chi connectivity index (χ1n) is 4.85. The van der Waals surface area contributed by atoms with Gasteiger partial charge in [0, 0.05) is 12.3 Å². The van der Waals surface area contributed by atoms with Crippen molar-refractivity contribution in [2.45, 2.75) is 6.10 Å². The highest BCUT2D eigenvalue weighted by Crippen LogP contribution is 2.07. The number of pyridine rings is 1. The molecule has 1 aromatic rings. The van der Waals surface area contributed by atoms with Crippen molar-refractivity contribution in [1.29, 1.82) is 0 Å². The predicted molar refractivity (Wildman–Crippen MR) is 53.1 cm³/mol. The first-order chi connectivity index (χ1) is 7.34. The van der Waals surface area contributed by atoms with E-state index in [1.807, 2.05) is 0 Å². The zero-order chi connectivity index (χ0) is 10.5. The molecule has 0 bridgehead atoms. The predicted octanol–water partition coefficient (Wildman–Crippen LogP) is 0.169. The highest BCUT2D eigenvalue weighted by molar-refractivity contribution is 5.16. The molecular formula is C10H13NO4. The summed E-state index contributed by atoms with van der Waals surface area (Å²) in [5.74, 6) is 0.549. The average Bonchev–Trinajstić information content (AvgIpc) is 2.28. The second kappa shape index (κ2) is 4.95. The van der Waals surface area contributed by atoms with E-state index in [4.69, 9.17) is 14.2 Å². The third kappa shape index (κ3) is 3.07. The van der Waals surface area contributed by atoms with E-state index in [1.165, 1.54) is 6.07 Å². The third-order valence-electron chi connectivity index (χ3n) is 2.07. The molecule has 82 valence electrons. The van der Waals surface area contributed by atoms with Gasteiger partial charge in [-0.05, 0) is 6.07 Å². The monoisotopic (exact) mass is 211 g/mol. The van der Waals surface area contributed by atoms with Crippen molar-refractivity contribution in [3.8, 4) is 5.75 Å². The van der Waals surface area contributed by atoms with Crippen molar-refractivity contribution in [2.75, 3.05) is 26.4 Å². The summed E-state index contributed by atoms with van der Waals surface area (Å²) in [6.45, 7) is 2.19. The standard InChI is InChI=1S/C10H13NO4/c12-10-5-8(1-2-11-10)15-7-9-6-13-3-4-14-9/h1-2,5,9H,3-4,6-7H2,(H,11,12). The van der Waals surface area contributed by atoms with E-state index in [0.29, 0.717) is 32.2 Å². The normalized spacial score (nSPS) is 21.2. The van der Waals surface area contributed by atoms with Gasteiger partial charge in [0.15, 0.2) is 0 Å². The van der Waals surface area contributed by atoms with Gasteiger partial charge in [-0.15, -0.1) is 0 Å². The molecule has 0 aromatic carbocycles. The third-order valence-corrected chi connectivity index (χ3v) is 2.07. The summed E-state index contributed by atoms with van der Waals surface area (Å²) in [7, 11) is 0. The van der Waals surface area contributed by atoms with Crippen molar-refractivity contribution >= 4 is 0 Å². The quantitative estimate of drug-likeness (QED) is 0.774. The number of H-pyrrole nitrogens is 1. The van der Waals surface area contributed by atoms with Crippen LogP contribution in [0.4, 0.5) is 0 Å². The lowest BCUT2D eigenvalue weighted by Gasteiger charge is -2.22. The van der Waals surface area contributed by atoms with Gasteiger partial charge in [0.2, 0.25) is 0 Å². The molecule has 5 nitrogen and oxygen atoms in total. The van der Waals surface area contributed by atoms with E-state index < -0.39 is 0 Å². The van der Waals surface area contributed by atoms with Crippen molar-refractivity contribution in [3.05, 3.63) is 28.7 Å². The van der Waals surface area contributed by atoms with Gasteiger partial charge < -0.3 is 19.2 Å². The lowest BCUT2D eigenvalue weighted by molar-refractivity contribution is -0.101. The molecule has 0 amide bonds. The van der Waals surface area contributed by atoms with Crippen LogP contribution < -0.4 is 10.3 Å². The molecule has 1 unspecified atom stereocenters. The molecule has 0 spiro atoms. The Morgan fingerprint density at radius 3 is 3.20 bits per heavy atom. The molecule has 5 heteroatoms. The van der Waals surface area contributed by atoms with E-state index in [0.717, 1.165) is 0 Å². The number of rotatable bonds is 3. The molecule has 1 N–H and O–H groups in total. The van der Waals surface area contributed by atoms with Gasteiger partial charge in [-0.2, -0.15) is 0 Å². The maximum atomic E-state index is 10.9. The lowest BCUT2D eigenvalue weighted by Crippen LogP contribution is -2.33. The molecule has 0 radical (unpaired) electrons. The van der Waals surface area contributed by atoms with Crippen LogP contribution in [0.15, 0.2) is 23.1 Å². The topological polar surface area (TPSA) is 60.6 Å². The van der Waals surface area contributed by atoms with Gasteiger partial charge in [-0.25, -0.2) is 0 Å². The zero-order valence-electron chi connectivity index (χ0n) is 8.27. The van der Waals surface area contributed by atoms with Crippen LogP contribution in [0.25, 0.3) is 0 Å². The second-order valence-electron chi connectivity index (χ2n) is 3.27. The molecule has 1 aliphatic rings. The molecule has 1 fully saturated rings. The van der Waals surface area contributed by atoms with Crippen LogP contribution in [0.1, 0.15) is 0 Å². The number of nitrogens with one attached hydrogen (secondary N) is 1. The Morgan fingerprint density at radius 2 is 2.47 bits per heavy atom. The number of ether oxygens (including phenoxy) is 3. The van der Waals surface area contributed by atoms with Gasteiger partial charge in [0.25, 0.3) is 5.56 Å². The average molecular weight is 211 g/mol. The number of hydrogen-bond donors (Lipinski definition) is 1. The van der Waals surface area contributed by atoms with Gasteiger partial charge in [0.1, 0.15) is 18.5 Å². The van der Waals surface area contributed by atoms with Crippen molar-refractivity contribution < 1.29 is 14.2 Å². The van der Waals surface area contributed by atoms with E-state index >= 15 is 0 Å². The number of hydrogen-bond acceptors (Lipinski definition) is 4. The first kappa shape index (κ1) is 10.2. The Labute approximate surface area is 87.0 Å². The summed E-state index contributed by atoms with van der Waals surface area (Å²) in [5.41, 5.74) is -0.173. The van der Waals surface area contributed by atoms with E-state index in [-0.39, 0.29) is 11.7 Å². The highest BCUT2D eigenvalue weighted by atomic mass is 16.6. The Morgan fingerprint density at radius 1 is 1.53 bits per heavy atom. The fourth-order valence-electron chi connectivity index (χ4n) is 1.34. The zero-order valence-corrected chi connectivity index (χ0v) is 8.27. The molecule has 2 heterocycles. The van der Waals surface area contributed by atoms with Crippen LogP contribution in [0.2, 0.25) is 0 Å². The highest BCUT2D eigenvalue weighted by Gasteiger charge is 2.14. The summed E-state index contributed by atoms with van der Waals surface area (Å²) in [4.78, 5) is 13.5. The Balaban J connectivity index is 1.84. The number of aromatic amines is 1. The maximum Gasteiger partial charge on any atom is 0.251 e. The maximum absolute atomic E-state index is 10.9. The van der Waals surface area contributed by atoms with Crippen LogP contribution in [0.5, 0.6) is 5.75 Å². The fraction of sp³-hybridized carbons (Fsp3) is 0.500. The van der Waals surface area contributed by atoms with E-state index in [9.17, 15) is 4.79 Å². The molecule has 15 heavy (non-hydrogen) atoms. The summed E-state index contributed by atoms with van der Waals surface area (Å²) >= 11 is 0. The molecule has 1 aliphatic heterocycles. The van der Waals surface area contributed by atoms with Crippen molar-refractivity contribution in [1.82, 2.24) is 4.98 Å². The van der Waals surface area contributed by atoms with Crippen LogP contribution in [-0.2, 0) is 9.47 Å². The lowest BCUT2D eigenvalue weighted by atomic mass is 10.3. The largest absolute Gasteiger partial charge is 0.491 e. The van der Waals surface area contributed by atoms with Gasteiger partial charge >= 0.3 is 0 Å². The van der Waals surface area contributed by atoms with Gasteiger partial charge in [0.05, 0.1) is 19.8 Å². The van der Waals surface area contributed by atoms with Gasteiger partial charge in [-0.1, -0.05) is 0 Å². The minimum atomic E-state index is -0.173. The molecule has 1 saturated heterocycles. The summed E-state index contributed by atoms with van der Waals surface area (Å²) in [6, 6.07) is 3.11. The molecule has 1 aromatic heterocycles. The first-order valence-corrected chi connectivity index (χ1v) is 4.85. The Kier molecular flexibility index (Phi) is 3.37. The van der Waals surface area contributed by atoms with Crippen LogP contribution in [-0.4, -0.2) is 37.5 Å². The van der Waals surface area contributed by atoms with Crippen molar-refractivity contribution in [2.24, 2.45) is 0 Å². The van der Waals surface area contributed by atoms with Crippen molar-refractivity contribution in [3.63, 3.8) is 0 Å².